The molecule has 0 aromatic carbocycles. The van der Waals surface area contributed by atoms with Crippen LogP contribution in [0.4, 0.5) is 0 Å². The molecule has 0 aliphatic carbocycles. The van der Waals surface area contributed by atoms with Crippen molar-refractivity contribution in [3.8, 4) is 0 Å². The number of Topliss-reactive ketones (excluding diaryl/α,β-unsaturated/α-hetero) is 1. The Balaban J connectivity index is 1.92. The van der Waals surface area contributed by atoms with Crippen molar-refractivity contribution in [1.29, 1.82) is 0 Å². The Morgan fingerprint density at radius 2 is 1.93 bits per heavy atom. The first-order valence-corrected chi connectivity index (χ1v) is 5.89. The van der Waals surface area contributed by atoms with Crippen LogP contribution in [0.2, 0.25) is 0 Å². The maximum absolute atomic E-state index is 11.3. The van der Waals surface area contributed by atoms with Gasteiger partial charge in [0.1, 0.15) is 5.78 Å². The third kappa shape index (κ3) is 2.40. The van der Waals surface area contributed by atoms with Crippen LogP contribution in [0.5, 0.6) is 0 Å². The molecule has 15 heavy (non-hydrogen) atoms. The summed E-state index contributed by atoms with van der Waals surface area (Å²) in [6.45, 7) is 5.32. The minimum atomic E-state index is 0.157. The van der Waals surface area contributed by atoms with E-state index in [1.165, 1.54) is 11.5 Å². The van der Waals surface area contributed by atoms with Crippen molar-refractivity contribution in [2.75, 3.05) is 0 Å². The normalized spacial score (nSPS) is 36.5. The van der Waals surface area contributed by atoms with Crippen LogP contribution >= 0.6 is 0 Å². The lowest BCUT2D eigenvalue weighted by Gasteiger charge is -2.45. The van der Waals surface area contributed by atoms with Crippen molar-refractivity contribution in [3.63, 3.8) is 0 Å². The predicted octanol–water partition coefficient (Wildman–Crippen LogP) is 2.07. The maximum Gasteiger partial charge on any atom is 0.133 e. The SMILES string of the molecule is [CH]CC(=O)CC1CC2CCCC(C1)N2O. The van der Waals surface area contributed by atoms with E-state index in [2.05, 4.69) is 0 Å². The van der Waals surface area contributed by atoms with Crippen LogP contribution in [0.15, 0.2) is 0 Å². The molecule has 0 saturated carbocycles. The molecule has 0 spiro atoms. The highest BCUT2D eigenvalue weighted by atomic mass is 16.5. The number of hydrogen-bond donors (Lipinski definition) is 1. The van der Waals surface area contributed by atoms with E-state index in [4.69, 9.17) is 6.92 Å². The molecule has 2 bridgehead atoms. The monoisotopic (exact) mass is 209 g/mol. The molecule has 2 aliphatic heterocycles. The van der Waals surface area contributed by atoms with Crippen molar-refractivity contribution in [3.05, 3.63) is 6.92 Å². The molecule has 2 aliphatic rings. The van der Waals surface area contributed by atoms with Gasteiger partial charge in [0.15, 0.2) is 0 Å². The van der Waals surface area contributed by atoms with E-state index in [-0.39, 0.29) is 24.3 Å². The van der Waals surface area contributed by atoms with E-state index in [0.717, 1.165) is 25.7 Å². The second-order valence-corrected chi connectivity index (χ2v) is 4.90. The molecule has 2 saturated heterocycles. The van der Waals surface area contributed by atoms with Gasteiger partial charge in [0.05, 0.1) is 0 Å². The Labute approximate surface area is 91.4 Å². The fourth-order valence-corrected chi connectivity index (χ4v) is 3.04. The van der Waals surface area contributed by atoms with Crippen LogP contribution in [0.1, 0.15) is 44.9 Å². The molecular formula is C12H19NO2. The summed E-state index contributed by atoms with van der Waals surface area (Å²) in [5.74, 6) is 0.601. The quantitative estimate of drug-likeness (QED) is 0.773. The standard InChI is InChI=1S/C12H19NO2/c1-2-12(14)8-9-6-10-4-3-5-11(7-9)13(10)15/h1,9-11,15H,2-8H2. The van der Waals surface area contributed by atoms with Gasteiger partial charge in [0, 0.05) is 24.9 Å². The van der Waals surface area contributed by atoms with E-state index < -0.39 is 0 Å². The maximum atomic E-state index is 11.3. The van der Waals surface area contributed by atoms with Crippen LogP contribution < -0.4 is 0 Å². The zero-order valence-electron chi connectivity index (χ0n) is 9.06. The Kier molecular flexibility index (Phi) is 3.42. The van der Waals surface area contributed by atoms with Gasteiger partial charge in [-0.15, -0.1) is 0 Å². The summed E-state index contributed by atoms with van der Waals surface area (Å²) >= 11 is 0. The molecule has 0 aromatic rings. The number of rotatable bonds is 3. The number of nitrogens with zero attached hydrogens (tertiary/aromatic N) is 1. The second kappa shape index (κ2) is 4.62. The zero-order chi connectivity index (χ0) is 10.8. The second-order valence-electron chi connectivity index (χ2n) is 4.90. The minimum absolute atomic E-state index is 0.157. The van der Waals surface area contributed by atoms with Gasteiger partial charge in [-0.3, -0.25) is 4.79 Å². The minimum Gasteiger partial charge on any atom is -0.313 e. The predicted molar refractivity (Wildman–Crippen MR) is 56.3 cm³/mol. The Bertz CT molecular complexity index is 228. The summed E-state index contributed by atoms with van der Waals surface area (Å²) in [5, 5.41) is 11.4. The number of carbonyl (C=O) groups excluding carboxylic acids is 1. The van der Waals surface area contributed by atoms with Gasteiger partial charge in [0.2, 0.25) is 0 Å². The molecule has 1 N–H and O–H groups in total. The lowest BCUT2D eigenvalue weighted by atomic mass is 9.78. The Morgan fingerprint density at radius 3 is 2.47 bits per heavy atom. The van der Waals surface area contributed by atoms with E-state index in [1.54, 1.807) is 0 Å². The Morgan fingerprint density at radius 1 is 1.33 bits per heavy atom. The molecule has 84 valence electrons. The molecule has 2 fully saturated rings. The van der Waals surface area contributed by atoms with Gasteiger partial charge in [-0.05, 0) is 38.5 Å². The van der Waals surface area contributed by atoms with Crippen LogP contribution in [0, 0.1) is 12.8 Å². The first-order valence-electron chi connectivity index (χ1n) is 5.89. The largest absolute Gasteiger partial charge is 0.313 e. The summed E-state index contributed by atoms with van der Waals surface area (Å²) in [5.41, 5.74) is 0. The van der Waals surface area contributed by atoms with Gasteiger partial charge in [-0.2, -0.15) is 5.06 Å². The number of fused-ring (bicyclic) bond motifs is 2. The molecule has 0 amide bonds. The average molecular weight is 209 g/mol. The van der Waals surface area contributed by atoms with Crippen LogP contribution in [0.3, 0.4) is 0 Å². The molecule has 3 heteroatoms. The third-order valence-corrected chi connectivity index (χ3v) is 3.78. The first-order chi connectivity index (χ1) is 7.20. The third-order valence-electron chi connectivity index (χ3n) is 3.78. The van der Waals surface area contributed by atoms with Crippen molar-refractivity contribution in [1.82, 2.24) is 5.06 Å². The molecule has 0 aromatic heterocycles. The molecule has 2 heterocycles. The van der Waals surface area contributed by atoms with Gasteiger partial charge < -0.3 is 5.21 Å². The number of ketones is 1. The van der Waals surface area contributed by atoms with E-state index in [1.807, 2.05) is 0 Å². The van der Waals surface area contributed by atoms with Crippen molar-refractivity contribution in [2.45, 2.75) is 57.0 Å². The van der Waals surface area contributed by atoms with E-state index in [0.29, 0.717) is 12.3 Å². The van der Waals surface area contributed by atoms with E-state index in [9.17, 15) is 10.0 Å². The summed E-state index contributed by atoms with van der Waals surface area (Å²) in [7, 11) is 0. The molecular weight excluding hydrogens is 190 g/mol. The number of hydrogen-bond acceptors (Lipinski definition) is 3. The highest BCUT2D eigenvalue weighted by molar-refractivity contribution is 5.79. The summed E-state index contributed by atoms with van der Waals surface area (Å²) in [4.78, 5) is 11.3. The van der Waals surface area contributed by atoms with E-state index >= 15 is 0 Å². The summed E-state index contributed by atoms with van der Waals surface area (Å²) in [6, 6.07) is 0.571. The lowest BCUT2D eigenvalue weighted by Crippen LogP contribution is -2.50. The van der Waals surface area contributed by atoms with Gasteiger partial charge in [0.25, 0.3) is 0 Å². The fourth-order valence-electron chi connectivity index (χ4n) is 3.04. The number of hydroxylamine groups is 2. The Hall–Kier alpha value is -0.410. The van der Waals surface area contributed by atoms with Gasteiger partial charge in [-0.25, -0.2) is 0 Å². The molecule has 2 rings (SSSR count). The molecule has 2 unspecified atom stereocenters. The number of piperidine rings is 2. The van der Waals surface area contributed by atoms with Crippen molar-refractivity contribution < 1.29 is 10.0 Å². The van der Waals surface area contributed by atoms with Crippen molar-refractivity contribution in [2.24, 2.45) is 5.92 Å². The fraction of sp³-hybridized carbons (Fsp3) is 0.833. The van der Waals surface area contributed by atoms with Gasteiger partial charge >= 0.3 is 0 Å². The van der Waals surface area contributed by atoms with Crippen LogP contribution in [-0.4, -0.2) is 28.1 Å². The van der Waals surface area contributed by atoms with Crippen molar-refractivity contribution >= 4 is 5.78 Å². The van der Waals surface area contributed by atoms with Gasteiger partial charge in [-0.1, -0.05) is 6.42 Å². The smallest absolute Gasteiger partial charge is 0.133 e. The first kappa shape index (κ1) is 11.1. The molecule has 3 nitrogen and oxygen atoms in total. The average Bonchev–Trinajstić information content (AvgIpc) is 2.19. The highest BCUT2D eigenvalue weighted by Gasteiger charge is 2.37. The number of carbonyl (C=O) groups is 1. The topological polar surface area (TPSA) is 40.5 Å². The zero-order valence-corrected chi connectivity index (χ0v) is 9.06. The van der Waals surface area contributed by atoms with Crippen LogP contribution in [-0.2, 0) is 4.79 Å². The summed E-state index contributed by atoms with van der Waals surface area (Å²) < 4.78 is 0. The molecule has 2 atom stereocenters. The lowest BCUT2D eigenvalue weighted by molar-refractivity contribution is -0.203. The highest BCUT2D eigenvalue weighted by Crippen LogP contribution is 2.37. The summed E-state index contributed by atoms with van der Waals surface area (Å²) in [6.07, 6.45) is 6.04. The molecule has 2 radical (unpaired) electrons. The van der Waals surface area contributed by atoms with Crippen LogP contribution in [0.25, 0.3) is 0 Å².